The zero-order valence-corrected chi connectivity index (χ0v) is 18.3. The molecular weight excluding hydrogens is 388 g/mol. The third-order valence-corrected chi connectivity index (χ3v) is 6.54. The first-order chi connectivity index (χ1) is 15.1. The van der Waals surface area contributed by atoms with Gasteiger partial charge < -0.3 is 9.80 Å². The van der Waals surface area contributed by atoms with Crippen molar-refractivity contribution in [2.75, 3.05) is 58.9 Å². The number of nitrogens with zero attached hydrogens (tertiary/aromatic N) is 4. The highest BCUT2D eigenvalue weighted by molar-refractivity contribution is 5.94. The summed E-state index contributed by atoms with van der Waals surface area (Å²) < 4.78 is 0. The molecule has 2 amide bonds. The van der Waals surface area contributed by atoms with Gasteiger partial charge >= 0.3 is 0 Å². The largest absolute Gasteiger partial charge is 0.339 e. The molecule has 0 unspecified atom stereocenters. The predicted octanol–water partition coefficient (Wildman–Crippen LogP) is 2.35. The molecule has 1 atom stereocenters. The van der Waals surface area contributed by atoms with Crippen molar-refractivity contribution in [2.45, 2.75) is 13.0 Å². The second-order valence-electron chi connectivity index (χ2n) is 8.44. The fourth-order valence-corrected chi connectivity index (χ4v) is 4.46. The van der Waals surface area contributed by atoms with Crippen molar-refractivity contribution in [1.29, 1.82) is 0 Å². The monoisotopic (exact) mass is 420 g/mol. The molecule has 164 valence electrons. The Bertz CT molecular complexity index is 858. The minimum absolute atomic E-state index is 0.0789. The van der Waals surface area contributed by atoms with Crippen LogP contribution in [0.15, 0.2) is 60.7 Å². The molecule has 2 aromatic rings. The van der Waals surface area contributed by atoms with Crippen molar-refractivity contribution in [3.63, 3.8) is 0 Å². The molecule has 6 heteroatoms. The Morgan fingerprint density at radius 2 is 1.29 bits per heavy atom. The minimum atomic E-state index is 0.0789. The van der Waals surface area contributed by atoms with Crippen LogP contribution in [0, 0.1) is 0 Å². The van der Waals surface area contributed by atoms with Crippen molar-refractivity contribution in [2.24, 2.45) is 0 Å². The first-order valence-electron chi connectivity index (χ1n) is 11.3. The van der Waals surface area contributed by atoms with Gasteiger partial charge in [-0.3, -0.25) is 19.4 Å². The highest BCUT2D eigenvalue weighted by Crippen LogP contribution is 2.21. The fourth-order valence-electron chi connectivity index (χ4n) is 4.46. The maximum atomic E-state index is 12.8. The molecule has 0 spiro atoms. The number of benzene rings is 2. The van der Waals surface area contributed by atoms with E-state index in [0.29, 0.717) is 25.7 Å². The summed E-state index contributed by atoms with van der Waals surface area (Å²) in [5.74, 6) is 0.282. The van der Waals surface area contributed by atoms with Crippen LogP contribution in [0.3, 0.4) is 0 Å². The molecule has 31 heavy (non-hydrogen) atoms. The summed E-state index contributed by atoms with van der Waals surface area (Å²) >= 11 is 0. The normalized spacial score (nSPS) is 19.3. The first-order valence-corrected chi connectivity index (χ1v) is 11.3. The Morgan fingerprint density at radius 1 is 0.742 bits per heavy atom. The zero-order valence-electron chi connectivity index (χ0n) is 18.3. The standard InChI is InChI=1S/C25H32N4O2/c1-21(22-8-4-2-5-9-22)27-16-18-28(19-17-27)24(30)20-26-12-14-29(15-13-26)25(31)23-10-6-3-7-11-23/h2-11,21H,12-20H2,1H3/t21-/m1/s1. The van der Waals surface area contributed by atoms with Crippen LogP contribution >= 0.6 is 0 Å². The second-order valence-corrected chi connectivity index (χ2v) is 8.44. The summed E-state index contributed by atoms with van der Waals surface area (Å²) in [6, 6.07) is 20.3. The molecule has 2 heterocycles. The van der Waals surface area contributed by atoms with E-state index >= 15 is 0 Å². The lowest BCUT2D eigenvalue weighted by molar-refractivity contribution is -0.134. The Labute approximate surface area is 185 Å². The lowest BCUT2D eigenvalue weighted by Crippen LogP contribution is -2.54. The van der Waals surface area contributed by atoms with E-state index in [2.05, 4.69) is 41.0 Å². The number of hydrogen-bond acceptors (Lipinski definition) is 4. The van der Waals surface area contributed by atoms with Crippen molar-refractivity contribution in [3.05, 3.63) is 71.8 Å². The van der Waals surface area contributed by atoms with Gasteiger partial charge in [0, 0.05) is 64.0 Å². The Hall–Kier alpha value is -2.70. The molecule has 0 radical (unpaired) electrons. The predicted molar refractivity (Wildman–Crippen MR) is 122 cm³/mol. The maximum absolute atomic E-state index is 12.8. The zero-order chi connectivity index (χ0) is 21.6. The average molecular weight is 421 g/mol. The number of rotatable bonds is 5. The second kappa shape index (κ2) is 10.1. The molecule has 2 saturated heterocycles. The van der Waals surface area contributed by atoms with Crippen LogP contribution in [-0.2, 0) is 4.79 Å². The van der Waals surface area contributed by atoms with E-state index in [9.17, 15) is 9.59 Å². The lowest BCUT2D eigenvalue weighted by atomic mass is 10.1. The van der Waals surface area contributed by atoms with Gasteiger partial charge in [0.2, 0.25) is 5.91 Å². The van der Waals surface area contributed by atoms with Gasteiger partial charge in [0.25, 0.3) is 5.91 Å². The van der Waals surface area contributed by atoms with Crippen molar-refractivity contribution in [3.8, 4) is 0 Å². The third-order valence-electron chi connectivity index (χ3n) is 6.54. The highest BCUT2D eigenvalue weighted by atomic mass is 16.2. The molecule has 2 fully saturated rings. The van der Waals surface area contributed by atoms with Crippen LogP contribution < -0.4 is 0 Å². The molecule has 6 nitrogen and oxygen atoms in total. The molecule has 0 saturated carbocycles. The van der Waals surface area contributed by atoms with Gasteiger partial charge in [0.05, 0.1) is 6.54 Å². The van der Waals surface area contributed by atoms with Gasteiger partial charge in [-0.05, 0) is 24.6 Å². The van der Waals surface area contributed by atoms with Crippen LogP contribution in [-0.4, -0.2) is 90.3 Å². The van der Waals surface area contributed by atoms with Gasteiger partial charge in [-0.2, -0.15) is 0 Å². The molecular formula is C25H32N4O2. The number of amides is 2. The van der Waals surface area contributed by atoms with Gasteiger partial charge in [0.1, 0.15) is 0 Å². The van der Waals surface area contributed by atoms with Gasteiger partial charge in [-0.1, -0.05) is 48.5 Å². The summed E-state index contributed by atoms with van der Waals surface area (Å²) in [5.41, 5.74) is 2.06. The molecule has 2 aromatic carbocycles. The van der Waals surface area contributed by atoms with Crippen LogP contribution in [0.5, 0.6) is 0 Å². The highest BCUT2D eigenvalue weighted by Gasteiger charge is 2.27. The maximum Gasteiger partial charge on any atom is 0.253 e. The van der Waals surface area contributed by atoms with Crippen molar-refractivity contribution in [1.82, 2.24) is 19.6 Å². The summed E-state index contributed by atoms with van der Waals surface area (Å²) in [5, 5.41) is 0. The molecule has 0 aliphatic carbocycles. The summed E-state index contributed by atoms with van der Waals surface area (Å²) in [6.07, 6.45) is 0. The number of carbonyl (C=O) groups excluding carboxylic acids is 2. The quantitative estimate of drug-likeness (QED) is 0.745. The first kappa shape index (κ1) is 21.5. The van der Waals surface area contributed by atoms with Crippen LogP contribution in [0.25, 0.3) is 0 Å². The Kier molecular flexibility index (Phi) is 6.99. The van der Waals surface area contributed by atoms with E-state index in [1.165, 1.54) is 5.56 Å². The molecule has 0 N–H and O–H groups in total. The molecule has 2 aliphatic rings. The van der Waals surface area contributed by atoms with E-state index in [4.69, 9.17) is 0 Å². The van der Waals surface area contributed by atoms with Gasteiger partial charge in [0.15, 0.2) is 0 Å². The summed E-state index contributed by atoms with van der Waals surface area (Å²) in [4.78, 5) is 33.9. The number of carbonyl (C=O) groups is 2. The number of hydrogen-bond donors (Lipinski definition) is 0. The van der Waals surface area contributed by atoms with Crippen LogP contribution in [0.2, 0.25) is 0 Å². The SMILES string of the molecule is C[C@H](c1ccccc1)N1CCN(C(=O)CN2CCN(C(=O)c3ccccc3)CC2)CC1. The van der Waals surface area contributed by atoms with E-state index in [1.807, 2.05) is 46.2 Å². The average Bonchev–Trinajstić information content (AvgIpc) is 2.85. The van der Waals surface area contributed by atoms with Crippen molar-refractivity contribution >= 4 is 11.8 Å². The van der Waals surface area contributed by atoms with Crippen molar-refractivity contribution < 1.29 is 9.59 Å². The lowest BCUT2D eigenvalue weighted by Gasteiger charge is -2.40. The third kappa shape index (κ3) is 5.32. The van der Waals surface area contributed by atoms with Crippen LogP contribution in [0.1, 0.15) is 28.9 Å². The summed E-state index contributed by atoms with van der Waals surface area (Å²) in [6.45, 7) is 8.88. The van der Waals surface area contributed by atoms with E-state index in [1.54, 1.807) is 0 Å². The van der Waals surface area contributed by atoms with Gasteiger partial charge in [-0.25, -0.2) is 0 Å². The molecule has 4 rings (SSSR count). The summed E-state index contributed by atoms with van der Waals surface area (Å²) in [7, 11) is 0. The van der Waals surface area contributed by atoms with Gasteiger partial charge in [-0.15, -0.1) is 0 Å². The smallest absolute Gasteiger partial charge is 0.253 e. The molecule has 2 aliphatic heterocycles. The minimum Gasteiger partial charge on any atom is -0.339 e. The fraction of sp³-hybridized carbons (Fsp3) is 0.440. The Balaban J connectivity index is 1.21. The van der Waals surface area contributed by atoms with E-state index < -0.39 is 0 Å². The molecule has 0 bridgehead atoms. The van der Waals surface area contributed by atoms with E-state index in [0.717, 1.165) is 44.8 Å². The molecule has 0 aromatic heterocycles. The van der Waals surface area contributed by atoms with Crippen LogP contribution in [0.4, 0.5) is 0 Å². The topological polar surface area (TPSA) is 47.1 Å². The Morgan fingerprint density at radius 3 is 1.90 bits per heavy atom. The van der Waals surface area contributed by atoms with E-state index in [-0.39, 0.29) is 11.8 Å². The number of piperazine rings is 2.